The summed E-state index contributed by atoms with van der Waals surface area (Å²) in [5.41, 5.74) is 4.49. The number of benzene rings is 1. The number of aliphatic hydroxyl groups is 3. The second-order valence-electron chi connectivity index (χ2n) is 10.5. The van der Waals surface area contributed by atoms with Crippen molar-refractivity contribution in [2.24, 2.45) is 5.41 Å². The Bertz CT molecular complexity index is 1390. The van der Waals surface area contributed by atoms with Gasteiger partial charge in [-0.15, -0.1) is 0 Å². The number of fused-ring (bicyclic) bond motifs is 1. The van der Waals surface area contributed by atoms with Gasteiger partial charge < -0.3 is 30.4 Å². The molecule has 41 heavy (non-hydrogen) atoms. The molecule has 3 unspecified atom stereocenters. The standard InChI is InChI=1S/C26H36N5O8PS/c1-25(2,15-32)24(34)41-12-11-37-40(36,30-13-17-7-5-4-6-8-17)38-14-19-20(33)26(3,35)23(39-19)31-10-9-18-21(27)28-16-29-22(18)31/h4-10,16,19-20,23,32-33,35H,11-15H2,1-3H3,(H,30,36)(H2,27,28,29)/t19-,20+,23?,26?,40?/m1/s1. The number of ether oxygens (including phenoxy) is 1. The highest BCUT2D eigenvalue weighted by atomic mass is 32.2. The smallest absolute Gasteiger partial charge is 0.395 e. The van der Waals surface area contributed by atoms with E-state index in [0.29, 0.717) is 11.0 Å². The average Bonchev–Trinajstić information content (AvgIpc) is 3.48. The molecule has 6 N–H and O–H groups in total. The van der Waals surface area contributed by atoms with Crippen LogP contribution in [0.2, 0.25) is 0 Å². The van der Waals surface area contributed by atoms with Crippen molar-refractivity contribution in [3.8, 4) is 0 Å². The minimum absolute atomic E-state index is 0.0954. The molecule has 1 aliphatic rings. The second-order valence-corrected chi connectivity index (χ2v) is 13.4. The molecule has 13 nitrogen and oxygen atoms in total. The summed E-state index contributed by atoms with van der Waals surface area (Å²) in [4.78, 5) is 20.5. The van der Waals surface area contributed by atoms with E-state index in [0.717, 1.165) is 17.3 Å². The predicted octanol–water partition coefficient (Wildman–Crippen LogP) is 2.23. The van der Waals surface area contributed by atoms with Crippen LogP contribution in [-0.2, 0) is 29.7 Å². The largest absolute Gasteiger partial charge is 0.405 e. The molecule has 1 aliphatic heterocycles. The van der Waals surface area contributed by atoms with E-state index in [-0.39, 0.29) is 43.1 Å². The number of anilines is 1. The fourth-order valence-corrected chi connectivity index (χ4v) is 6.43. The Labute approximate surface area is 242 Å². The van der Waals surface area contributed by atoms with Crippen molar-refractivity contribution in [3.05, 3.63) is 54.5 Å². The number of thioether (sulfide) groups is 1. The maximum absolute atomic E-state index is 13.7. The Kier molecular flexibility index (Phi) is 9.89. The summed E-state index contributed by atoms with van der Waals surface area (Å²) in [6.07, 6.45) is -0.647. The van der Waals surface area contributed by atoms with Gasteiger partial charge in [0.25, 0.3) is 0 Å². The molecule has 0 radical (unpaired) electrons. The summed E-state index contributed by atoms with van der Waals surface area (Å²) in [5.74, 6) is 0.433. The van der Waals surface area contributed by atoms with Gasteiger partial charge in [0.1, 0.15) is 35.6 Å². The topological polar surface area (TPSA) is 191 Å². The SMILES string of the molecule is CC(C)(CO)C(=O)SCCOP(=O)(NCc1ccccc1)OC[C@H]1OC(n2ccc3c(N)ncnc32)C(C)(O)[C@H]1O. The van der Waals surface area contributed by atoms with Gasteiger partial charge in [0.05, 0.1) is 30.6 Å². The Morgan fingerprint density at radius 3 is 2.71 bits per heavy atom. The molecule has 1 fully saturated rings. The fraction of sp³-hybridized carbons (Fsp3) is 0.500. The second kappa shape index (κ2) is 12.9. The molecule has 0 spiro atoms. The molecule has 1 aromatic carbocycles. The molecule has 2 aromatic heterocycles. The van der Waals surface area contributed by atoms with Gasteiger partial charge in [0.2, 0.25) is 0 Å². The number of hydrogen-bond donors (Lipinski definition) is 5. The van der Waals surface area contributed by atoms with Crippen molar-refractivity contribution >= 4 is 41.5 Å². The Morgan fingerprint density at radius 1 is 1.27 bits per heavy atom. The lowest BCUT2D eigenvalue weighted by Crippen LogP contribution is -2.44. The molecule has 5 atom stereocenters. The first kappa shape index (κ1) is 31.5. The zero-order chi connectivity index (χ0) is 29.8. The van der Waals surface area contributed by atoms with Crippen LogP contribution in [0.25, 0.3) is 11.0 Å². The van der Waals surface area contributed by atoms with Gasteiger partial charge in [0, 0.05) is 18.5 Å². The van der Waals surface area contributed by atoms with Crippen molar-refractivity contribution in [2.45, 2.75) is 51.4 Å². The van der Waals surface area contributed by atoms with Gasteiger partial charge in [-0.1, -0.05) is 42.1 Å². The lowest BCUT2D eigenvalue weighted by atomic mass is 9.96. The number of carbonyl (C=O) groups is 1. The number of nitrogens with two attached hydrogens (primary N) is 1. The number of carbonyl (C=O) groups excluding carboxylic acids is 1. The number of nitrogen functional groups attached to an aromatic ring is 1. The summed E-state index contributed by atoms with van der Waals surface area (Å²) >= 11 is 0.959. The number of rotatable bonds is 13. The molecule has 3 heterocycles. The quantitative estimate of drug-likeness (QED) is 0.140. The third-order valence-electron chi connectivity index (χ3n) is 6.80. The van der Waals surface area contributed by atoms with Crippen LogP contribution in [0.15, 0.2) is 48.9 Å². The number of nitrogens with zero attached hydrogens (tertiary/aromatic N) is 3. The van der Waals surface area contributed by atoms with Gasteiger partial charge in [-0.3, -0.25) is 13.8 Å². The van der Waals surface area contributed by atoms with Crippen molar-refractivity contribution in [1.29, 1.82) is 0 Å². The number of aliphatic hydroxyl groups excluding tert-OH is 2. The predicted molar refractivity (Wildman–Crippen MR) is 154 cm³/mol. The van der Waals surface area contributed by atoms with Crippen molar-refractivity contribution < 1.29 is 38.5 Å². The minimum atomic E-state index is -3.98. The molecule has 0 saturated carbocycles. The van der Waals surface area contributed by atoms with Gasteiger partial charge in [0.15, 0.2) is 11.3 Å². The zero-order valence-corrected chi connectivity index (χ0v) is 24.8. The molecular formula is C26H36N5O8PS. The van der Waals surface area contributed by atoms with E-state index in [4.69, 9.17) is 19.5 Å². The monoisotopic (exact) mass is 609 g/mol. The molecule has 4 rings (SSSR count). The lowest BCUT2D eigenvalue weighted by Gasteiger charge is -2.27. The van der Waals surface area contributed by atoms with E-state index in [2.05, 4.69) is 15.1 Å². The molecular weight excluding hydrogens is 573 g/mol. The van der Waals surface area contributed by atoms with Gasteiger partial charge in [-0.05, 0) is 32.4 Å². The first-order chi connectivity index (χ1) is 19.4. The number of hydrogen-bond acceptors (Lipinski definition) is 12. The average molecular weight is 610 g/mol. The summed E-state index contributed by atoms with van der Waals surface area (Å²) in [7, 11) is -3.98. The van der Waals surface area contributed by atoms with E-state index in [1.807, 2.05) is 30.3 Å². The highest BCUT2D eigenvalue weighted by Gasteiger charge is 2.54. The Balaban J connectivity index is 1.44. The van der Waals surface area contributed by atoms with Crippen LogP contribution < -0.4 is 10.8 Å². The first-order valence-corrected chi connectivity index (χ1v) is 15.5. The van der Waals surface area contributed by atoms with E-state index >= 15 is 0 Å². The summed E-state index contributed by atoms with van der Waals surface area (Å²) in [6, 6.07) is 10.9. The van der Waals surface area contributed by atoms with Gasteiger partial charge in [-0.25, -0.2) is 19.6 Å². The zero-order valence-electron chi connectivity index (χ0n) is 23.0. The molecule has 224 valence electrons. The van der Waals surface area contributed by atoms with E-state index in [1.54, 1.807) is 30.7 Å². The van der Waals surface area contributed by atoms with Crippen LogP contribution in [0.1, 0.15) is 32.6 Å². The maximum atomic E-state index is 13.7. The maximum Gasteiger partial charge on any atom is 0.405 e. The first-order valence-electron chi connectivity index (χ1n) is 13.0. The van der Waals surface area contributed by atoms with E-state index in [9.17, 15) is 24.7 Å². The highest BCUT2D eigenvalue weighted by molar-refractivity contribution is 8.13. The van der Waals surface area contributed by atoms with Crippen LogP contribution in [0.5, 0.6) is 0 Å². The van der Waals surface area contributed by atoms with Crippen LogP contribution in [0.4, 0.5) is 5.82 Å². The van der Waals surface area contributed by atoms with Crippen LogP contribution in [-0.4, -0.2) is 78.4 Å². The molecule has 0 aliphatic carbocycles. The molecule has 0 amide bonds. The molecule has 3 aromatic rings. The number of nitrogens with one attached hydrogen (secondary N) is 1. The summed E-state index contributed by atoms with van der Waals surface area (Å²) in [5, 5.41) is 34.7. The van der Waals surface area contributed by atoms with Crippen LogP contribution >= 0.6 is 19.5 Å². The third-order valence-corrected chi connectivity index (χ3v) is 9.54. The normalized spacial score (nSPS) is 24.5. The van der Waals surface area contributed by atoms with Gasteiger partial charge in [-0.2, -0.15) is 0 Å². The molecule has 1 saturated heterocycles. The van der Waals surface area contributed by atoms with E-state index in [1.165, 1.54) is 13.3 Å². The third kappa shape index (κ3) is 7.16. The minimum Gasteiger partial charge on any atom is -0.395 e. The van der Waals surface area contributed by atoms with E-state index < -0.39 is 37.2 Å². The Hall–Kier alpha value is -2.39. The lowest BCUT2D eigenvalue weighted by molar-refractivity contribution is -0.119. The fourth-order valence-electron chi connectivity index (χ4n) is 4.19. The Morgan fingerprint density at radius 2 is 2.00 bits per heavy atom. The summed E-state index contributed by atoms with van der Waals surface area (Å²) in [6.45, 7) is 4.07. The highest BCUT2D eigenvalue weighted by Crippen LogP contribution is 2.47. The molecule has 0 bridgehead atoms. The van der Waals surface area contributed by atoms with Crippen molar-refractivity contribution in [2.75, 3.05) is 31.3 Å². The van der Waals surface area contributed by atoms with Crippen molar-refractivity contribution in [3.63, 3.8) is 0 Å². The molecule has 15 heteroatoms. The van der Waals surface area contributed by atoms with Gasteiger partial charge >= 0.3 is 7.75 Å². The summed E-state index contributed by atoms with van der Waals surface area (Å²) < 4.78 is 32.6. The van der Waals surface area contributed by atoms with Crippen molar-refractivity contribution in [1.82, 2.24) is 19.6 Å². The van der Waals surface area contributed by atoms with Crippen LogP contribution in [0.3, 0.4) is 0 Å². The number of aromatic nitrogens is 3. The van der Waals surface area contributed by atoms with Crippen LogP contribution in [0, 0.1) is 5.41 Å².